The van der Waals surface area contributed by atoms with Crippen LogP contribution in [0.1, 0.15) is 64.7 Å². The molecule has 1 unspecified atom stereocenters. The summed E-state index contributed by atoms with van der Waals surface area (Å²) in [6.07, 6.45) is 7.55. The fraction of sp³-hybridized carbons (Fsp3) is 0.342. The molecule has 4 aromatic rings. The van der Waals surface area contributed by atoms with E-state index in [1.165, 1.54) is 11.6 Å². The maximum atomic E-state index is 15.2. The number of halogens is 2. The molecule has 5 rings (SSSR count). The number of carbonyl (C=O) groups excluding carboxylic acids is 2. The molecule has 3 N–H and O–H groups in total. The topological polar surface area (TPSA) is 138 Å². The standard InChI is InChI=1S/C38H41ClFN5O5/c1-24-8-3-13-35(25(24)2)50-17-7-14-36(46)45-16-6-11-30-29(10-4-12-34(30)45)28-21-43-44(22-28)23-31-32(39)18-27(19-33(31)40)37(47)42-15-5-9-26(20-41)38(48)49/h3-4,8,10,12-13,18-22,26,41H,5-7,9,11,14-17,23H2,1-2H3,(H,42,47)(H,48,49). The van der Waals surface area contributed by atoms with Gasteiger partial charge in [0, 0.05) is 59.3 Å². The summed E-state index contributed by atoms with van der Waals surface area (Å²) in [6.45, 7) is 5.39. The monoisotopic (exact) mass is 701 g/mol. The molecular formula is C38H41ClFN5O5. The minimum absolute atomic E-state index is 0.0382. The molecule has 1 aliphatic heterocycles. The number of nitrogens with zero attached hydrogens (tertiary/aromatic N) is 3. The number of hydrogen-bond acceptors (Lipinski definition) is 6. The fourth-order valence-corrected chi connectivity index (χ4v) is 6.38. The number of ether oxygens (including phenoxy) is 1. The number of aryl methyl sites for hydroxylation is 1. The molecule has 0 saturated carbocycles. The number of carbonyl (C=O) groups is 3. The molecule has 12 heteroatoms. The zero-order chi connectivity index (χ0) is 35.8. The smallest absolute Gasteiger partial charge is 0.311 e. The average Bonchev–Trinajstić information content (AvgIpc) is 3.57. The minimum atomic E-state index is -1.09. The summed E-state index contributed by atoms with van der Waals surface area (Å²) in [7, 11) is 0. The molecular weight excluding hydrogens is 661 g/mol. The van der Waals surface area contributed by atoms with Crippen molar-refractivity contribution in [3.05, 3.63) is 99.6 Å². The molecule has 0 fully saturated rings. The second kappa shape index (κ2) is 16.6. The van der Waals surface area contributed by atoms with Gasteiger partial charge in [0.25, 0.3) is 5.91 Å². The third kappa shape index (κ3) is 8.57. The predicted molar refractivity (Wildman–Crippen MR) is 191 cm³/mol. The number of carboxylic acids is 1. The molecule has 0 aliphatic carbocycles. The molecule has 1 aliphatic rings. The molecule has 0 radical (unpaired) electrons. The molecule has 2 heterocycles. The molecule has 0 saturated heterocycles. The van der Waals surface area contributed by atoms with Crippen molar-refractivity contribution in [2.45, 2.75) is 58.9 Å². The number of aliphatic carboxylic acids is 1. The van der Waals surface area contributed by atoms with Crippen molar-refractivity contribution in [1.29, 1.82) is 5.41 Å². The quantitative estimate of drug-likeness (QED) is 0.0901. The fourth-order valence-electron chi connectivity index (χ4n) is 6.12. The first-order valence-corrected chi connectivity index (χ1v) is 17.1. The summed E-state index contributed by atoms with van der Waals surface area (Å²) in [5.74, 6) is -2.29. The van der Waals surface area contributed by atoms with E-state index in [1.807, 2.05) is 61.3 Å². The van der Waals surface area contributed by atoms with Gasteiger partial charge in [0.05, 0.1) is 25.3 Å². The van der Waals surface area contributed by atoms with Gasteiger partial charge in [0.2, 0.25) is 5.91 Å². The van der Waals surface area contributed by atoms with Gasteiger partial charge < -0.3 is 25.5 Å². The Kier molecular flexibility index (Phi) is 12.0. The Labute approximate surface area is 295 Å². The molecule has 3 aromatic carbocycles. The highest BCUT2D eigenvalue weighted by molar-refractivity contribution is 6.31. The second-order valence-corrected chi connectivity index (χ2v) is 12.9. The summed E-state index contributed by atoms with van der Waals surface area (Å²) in [6, 6.07) is 14.4. The van der Waals surface area contributed by atoms with Crippen molar-refractivity contribution in [1.82, 2.24) is 15.1 Å². The van der Waals surface area contributed by atoms with E-state index in [-0.39, 0.29) is 41.6 Å². The highest BCUT2D eigenvalue weighted by Crippen LogP contribution is 2.36. The van der Waals surface area contributed by atoms with Crippen LogP contribution >= 0.6 is 11.6 Å². The Morgan fingerprint density at radius 2 is 1.96 bits per heavy atom. The van der Waals surface area contributed by atoms with Crippen molar-refractivity contribution in [3.8, 4) is 16.9 Å². The van der Waals surface area contributed by atoms with Gasteiger partial charge in [-0.1, -0.05) is 35.9 Å². The number of rotatable bonds is 15. The lowest BCUT2D eigenvalue weighted by atomic mass is 9.93. The summed E-state index contributed by atoms with van der Waals surface area (Å²) in [5.41, 5.74) is 6.24. The number of anilines is 1. The van der Waals surface area contributed by atoms with Crippen LogP contribution in [0, 0.1) is 31.0 Å². The summed E-state index contributed by atoms with van der Waals surface area (Å²) in [4.78, 5) is 38.9. The first-order chi connectivity index (χ1) is 24.1. The van der Waals surface area contributed by atoms with E-state index in [1.54, 1.807) is 10.9 Å². The van der Waals surface area contributed by atoms with Crippen LogP contribution < -0.4 is 15.0 Å². The van der Waals surface area contributed by atoms with E-state index in [0.717, 1.165) is 58.8 Å². The van der Waals surface area contributed by atoms with Crippen LogP contribution in [0.15, 0.2) is 60.9 Å². The summed E-state index contributed by atoms with van der Waals surface area (Å²) >= 11 is 6.44. The van der Waals surface area contributed by atoms with Gasteiger partial charge in [0.15, 0.2) is 0 Å². The van der Waals surface area contributed by atoms with Gasteiger partial charge in [0.1, 0.15) is 11.6 Å². The third-order valence-electron chi connectivity index (χ3n) is 9.06. The van der Waals surface area contributed by atoms with Crippen LogP contribution in [0.4, 0.5) is 10.1 Å². The number of fused-ring (bicyclic) bond motifs is 1. The molecule has 10 nitrogen and oxygen atoms in total. The maximum Gasteiger partial charge on any atom is 0.311 e. The Bertz CT molecular complexity index is 1870. The van der Waals surface area contributed by atoms with Crippen LogP contribution in [0.25, 0.3) is 11.1 Å². The normalized spacial score (nSPS) is 13.0. The SMILES string of the molecule is Cc1cccc(OCCCC(=O)N2CCCc3c(-c4cnn(Cc5c(F)cc(C(=O)NCCCC(C=N)C(=O)O)cc5Cl)c4)cccc32)c1C. The van der Waals surface area contributed by atoms with E-state index in [9.17, 15) is 14.4 Å². The lowest BCUT2D eigenvalue weighted by Crippen LogP contribution is -2.35. The molecule has 262 valence electrons. The van der Waals surface area contributed by atoms with Gasteiger partial charge in [-0.15, -0.1) is 0 Å². The highest BCUT2D eigenvalue weighted by Gasteiger charge is 2.25. The van der Waals surface area contributed by atoms with Gasteiger partial charge in [-0.3, -0.25) is 19.1 Å². The van der Waals surface area contributed by atoms with Crippen LogP contribution in [0.5, 0.6) is 5.75 Å². The van der Waals surface area contributed by atoms with E-state index < -0.39 is 23.6 Å². The van der Waals surface area contributed by atoms with Crippen molar-refractivity contribution in [2.75, 3.05) is 24.6 Å². The number of aromatic nitrogens is 2. The van der Waals surface area contributed by atoms with E-state index >= 15 is 4.39 Å². The average molecular weight is 702 g/mol. The van der Waals surface area contributed by atoms with Gasteiger partial charge in [-0.2, -0.15) is 5.10 Å². The van der Waals surface area contributed by atoms with E-state index in [0.29, 0.717) is 32.4 Å². The van der Waals surface area contributed by atoms with Crippen molar-refractivity contribution in [2.24, 2.45) is 5.92 Å². The van der Waals surface area contributed by atoms with Crippen LogP contribution in [0.3, 0.4) is 0 Å². The first kappa shape index (κ1) is 36.3. The predicted octanol–water partition coefficient (Wildman–Crippen LogP) is 7.01. The molecule has 0 spiro atoms. The second-order valence-electron chi connectivity index (χ2n) is 12.5. The molecule has 0 bridgehead atoms. The van der Waals surface area contributed by atoms with Crippen LogP contribution in [0.2, 0.25) is 5.02 Å². The number of benzene rings is 3. The molecule has 50 heavy (non-hydrogen) atoms. The molecule has 2 amide bonds. The maximum absolute atomic E-state index is 15.2. The van der Waals surface area contributed by atoms with E-state index in [4.69, 9.17) is 26.9 Å². The highest BCUT2D eigenvalue weighted by atomic mass is 35.5. The number of amides is 2. The summed E-state index contributed by atoms with van der Waals surface area (Å²) < 4.78 is 22.8. The number of carboxylic acid groups (broad SMARTS) is 1. The lowest BCUT2D eigenvalue weighted by Gasteiger charge is -2.31. The minimum Gasteiger partial charge on any atom is -0.493 e. The van der Waals surface area contributed by atoms with Crippen LogP contribution in [-0.4, -0.2) is 58.6 Å². The lowest BCUT2D eigenvalue weighted by molar-refractivity contribution is -0.139. The molecule has 1 atom stereocenters. The summed E-state index contributed by atoms with van der Waals surface area (Å²) in [5, 5.41) is 23.4. The van der Waals surface area contributed by atoms with Crippen molar-refractivity contribution in [3.63, 3.8) is 0 Å². The zero-order valence-corrected chi connectivity index (χ0v) is 28.9. The first-order valence-electron chi connectivity index (χ1n) is 16.7. The molecule has 1 aromatic heterocycles. The van der Waals surface area contributed by atoms with Gasteiger partial charge in [-0.05, 0) is 92.5 Å². The Morgan fingerprint density at radius 3 is 2.72 bits per heavy atom. The van der Waals surface area contributed by atoms with E-state index in [2.05, 4.69) is 10.4 Å². The van der Waals surface area contributed by atoms with Gasteiger partial charge in [-0.25, -0.2) is 4.39 Å². The van der Waals surface area contributed by atoms with Gasteiger partial charge >= 0.3 is 5.97 Å². The Morgan fingerprint density at radius 1 is 1.16 bits per heavy atom. The number of hydrogen-bond donors (Lipinski definition) is 3. The van der Waals surface area contributed by atoms with Crippen molar-refractivity contribution >= 4 is 41.3 Å². The Hall–Kier alpha value is -5.03. The largest absolute Gasteiger partial charge is 0.493 e. The van der Waals surface area contributed by atoms with Crippen molar-refractivity contribution < 1.29 is 28.6 Å². The van der Waals surface area contributed by atoms with Crippen LogP contribution in [-0.2, 0) is 22.6 Å². The Balaban J connectivity index is 1.21. The third-order valence-corrected chi connectivity index (χ3v) is 9.40. The zero-order valence-electron chi connectivity index (χ0n) is 28.2. The number of nitrogens with one attached hydrogen (secondary N) is 2.